The Morgan fingerprint density at radius 2 is 1.07 bits per heavy atom. The van der Waals surface area contributed by atoms with Crippen molar-refractivity contribution in [3.8, 4) is 0 Å². The SMILES string of the molecule is CCC/C=C\CCCCCCCC(=O)O[C@@H](COC(=O)CCCCCCCCCCCCCCC)COP(=O)(O)O. The van der Waals surface area contributed by atoms with E-state index in [-0.39, 0.29) is 19.4 Å². The number of carbonyl (C=O) groups excluding carboxylic acids is 2. The Bertz CT molecular complexity index is 691. The first-order valence-corrected chi connectivity index (χ1v) is 18.0. The average Bonchev–Trinajstić information content (AvgIpc) is 2.93. The van der Waals surface area contributed by atoms with Gasteiger partial charge in [-0.3, -0.25) is 14.1 Å². The lowest BCUT2D eigenvalue weighted by molar-refractivity contribution is -0.161. The van der Waals surface area contributed by atoms with Gasteiger partial charge in [0.15, 0.2) is 6.10 Å². The topological polar surface area (TPSA) is 119 Å². The molecule has 0 aromatic rings. The number of hydrogen-bond donors (Lipinski definition) is 2. The maximum Gasteiger partial charge on any atom is 0.469 e. The summed E-state index contributed by atoms with van der Waals surface area (Å²) in [6.45, 7) is 3.59. The zero-order valence-corrected chi connectivity index (χ0v) is 27.1. The molecule has 0 heterocycles. The van der Waals surface area contributed by atoms with Crippen molar-refractivity contribution in [1.82, 2.24) is 0 Å². The van der Waals surface area contributed by atoms with E-state index in [4.69, 9.17) is 19.3 Å². The molecule has 0 spiro atoms. The molecule has 0 aliphatic carbocycles. The second-order valence-corrected chi connectivity index (χ2v) is 12.4. The first-order valence-electron chi connectivity index (χ1n) is 16.5. The maximum atomic E-state index is 12.2. The van der Waals surface area contributed by atoms with Crippen molar-refractivity contribution in [2.75, 3.05) is 13.2 Å². The first-order chi connectivity index (χ1) is 19.8. The van der Waals surface area contributed by atoms with Crippen LogP contribution in [0.1, 0.15) is 162 Å². The fraction of sp³-hybridized carbons (Fsp3) is 0.875. The van der Waals surface area contributed by atoms with E-state index in [9.17, 15) is 14.2 Å². The Balaban J connectivity index is 4.00. The minimum absolute atomic E-state index is 0.204. The molecule has 1 atom stereocenters. The molecular formula is C32H61O8P. The van der Waals surface area contributed by atoms with E-state index in [2.05, 4.69) is 30.5 Å². The molecule has 0 saturated heterocycles. The third kappa shape index (κ3) is 31.6. The van der Waals surface area contributed by atoms with Gasteiger partial charge in [-0.2, -0.15) is 0 Å². The minimum atomic E-state index is -4.74. The summed E-state index contributed by atoms with van der Waals surface area (Å²) >= 11 is 0. The van der Waals surface area contributed by atoms with Crippen LogP contribution in [-0.2, 0) is 28.2 Å². The van der Waals surface area contributed by atoms with Crippen molar-refractivity contribution < 1.29 is 37.9 Å². The second kappa shape index (κ2) is 28.9. The van der Waals surface area contributed by atoms with Gasteiger partial charge in [-0.1, -0.05) is 129 Å². The van der Waals surface area contributed by atoms with E-state index in [0.29, 0.717) is 6.42 Å². The standard InChI is InChI=1S/C32H61O8P/c1-3-5-7-9-11-13-15-16-17-19-20-22-24-26-31(33)38-28-30(29-39-41(35,36)37)40-32(34)27-25-23-21-18-14-12-10-8-6-4-2/h8,10,30H,3-7,9,11-29H2,1-2H3,(H2,35,36,37)/b10-8-/t30-/m0/s1. The highest BCUT2D eigenvalue weighted by Crippen LogP contribution is 2.35. The summed E-state index contributed by atoms with van der Waals surface area (Å²) in [5.74, 6) is -0.894. The molecule has 0 bridgehead atoms. The van der Waals surface area contributed by atoms with Gasteiger partial charge in [0.2, 0.25) is 0 Å². The molecule has 0 radical (unpaired) electrons. The van der Waals surface area contributed by atoms with Crippen molar-refractivity contribution >= 4 is 19.8 Å². The summed E-state index contributed by atoms with van der Waals surface area (Å²) in [6, 6.07) is 0. The lowest BCUT2D eigenvalue weighted by Gasteiger charge is -2.18. The smallest absolute Gasteiger partial charge is 0.462 e. The van der Waals surface area contributed by atoms with E-state index in [1.807, 2.05) is 0 Å². The second-order valence-electron chi connectivity index (χ2n) is 11.1. The molecule has 41 heavy (non-hydrogen) atoms. The van der Waals surface area contributed by atoms with E-state index in [1.54, 1.807) is 0 Å². The molecule has 0 aromatic carbocycles. The average molecular weight is 605 g/mol. The number of esters is 2. The van der Waals surface area contributed by atoms with Gasteiger partial charge in [0.25, 0.3) is 0 Å². The summed E-state index contributed by atoms with van der Waals surface area (Å²) in [4.78, 5) is 42.4. The van der Waals surface area contributed by atoms with Crippen LogP contribution in [0.15, 0.2) is 12.2 Å². The van der Waals surface area contributed by atoms with Crippen molar-refractivity contribution in [2.24, 2.45) is 0 Å². The van der Waals surface area contributed by atoms with Gasteiger partial charge in [-0.25, -0.2) is 4.57 Å². The third-order valence-corrected chi connectivity index (χ3v) is 7.50. The number of ether oxygens (including phenoxy) is 2. The summed E-state index contributed by atoms with van der Waals surface area (Å²) in [7, 11) is -4.74. The number of allylic oxidation sites excluding steroid dienone is 2. The summed E-state index contributed by atoms with van der Waals surface area (Å²) in [5.41, 5.74) is 0. The Kier molecular flexibility index (Phi) is 28.0. The van der Waals surface area contributed by atoms with Crippen LogP contribution in [0.4, 0.5) is 0 Å². The van der Waals surface area contributed by atoms with Crippen molar-refractivity contribution in [3.63, 3.8) is 0 Å². The normalized spacial score (nSPS) is 12.6. The van der Waals surface area contributed by atoms with Crippen molar-refractivity contribution in [3.05, 3.63) is 12.2 Å². The van der Waals surface area contributed by atoms with Gasteiger partial charge < -0.3 is 19.3 Å². The zero-order chi connectivity index (χ0) is 30.4. The Hall–Kier alpha value is -1.21. The highest BCUT2D eigenvalue weighted by molar-refractivity contribution is 7.46. The molecule has 9 heteroatoms. The summed E-state index contributed by atoms with van der Waals surface area (Å²) in [6.07, 6.45) is 28.0. The Morgan fingerprint density at radius 1 is 0.610 bits per heavy atom. The molecule has 0 rings (SSSR count). The predicted octanol–water partition coefficient (Wildman–Crippen LogP) is 9.12. The van der Waals surface area contributed by atoms with Crippen molar-refractivity contribution in [2.45, 2.75) is 168 Å². The molecule has 0 fully saturated rings. The van der Waals surface area contributed by atoms with Crippen LogP contribution in [0.2, 0.25) is 0 Å². The number of unbranched alkanes of at least 4 members (excludes halogenated alkanes) is 18. The number of phosphoric acid groups is 1. The molecule has 0 amide bonds. The van der Waals surface area contributed by atoms with Crippen LogP contribution in [0.25, 0.3) is 0 Å². The number of rotatable bonds is 30. The molecule has 2 N–H and O–H groups in total. The van der Waals surface area contributed by atoms with Crippen LogP contribution >= 0.6 is 7.82 Å². The quantitative estimate of drug-likeness (QED) is 0.0360. The first kappa shape index (κ1) is 39.8. The molecular weight excluding hydrogens is 543 g/mol. The van der Waals surface area contributed by atoms with Crippen LogP contribution in [0, 0.1) is 0 Å². The third-order valence-electron chi connectivity index (χ3n) is 7.02. The van der Waals surface area contributed by atoms with Gasteiger partial charge in [0, 0.05) is 12.8 Å². The molecule has 242 valence electrons. The maximum absolute atomic E-state index is 12.2. The molecule has 0 aliphatic heterocycles. The number of hydrogen-bond acceptors (Lipinski definition) is 6. The lowest BCUT2D eigenvalue weighted by atomic mass is 10.0. The monoisotopic (exact) mass is 604 g/mol. The Labute approximate surface area is 250 Å². The molecule has 0 aromatic heterocycles. The fourth-order valence-corrected chi connectivity index (χ4v) is 4.91. The van der Waals surface area contributed by atoms with Gasteiger partial charge in [0.05, 0.1) is 6.61 Å². The fourth-order valence-electron chi connectivity index (χ4n) is 4.55. The Morgan fingerprint density at radius 3 is 1.59 bits per heavy atom. The minimum Gasteiger partial charge on any atom is -0.462 e. The highest BCUT2D eigenvalue weighted by atomic mass is 31.2. The van der Waals surface area contributed by atoms with Gasteiger partial charge in [-0.05, 0) is 32.1 Å². The highest BCUT2D eigenvalue weighted by Gasteiger charge is 2.22. The van der Waals surface area contributed by atoms with Crippen LogP contribution < -0.4 is 0 Å². The molecule has 8 nitrogen and oxygen atoms in total. The van der Waals surface area contributed by atoms with E-state index in [0.717, 1.165) is 57.8 Å². The summed E-state index contributed by atoms with van der Waals surface area (Å²) < 4.78 is 26.1. The lowest BCUT2D eigenvalue weighted by Crippen LogP contribution is -2.29. The van der Waals surface area contributed by atoms with Gasteiger partial charge >= 0.3 is 19.8 Å². The number of carbonyl (C=O) groups is 2. The molecule has 0 unspecified atom stereocenters. The molecule has 0 saturated carbocycles. The van der Waals surface area contributed by atoms with Crippen molar-refractivity contribution in [1.29, 1.82) is 0 Å². The molecule has 0 aliphatic rings. The van der Waals surface area contributed by atoms with Crippen LogP contribution in [0.5, 0.6) is 0 Å². The predicted molar refractivity (Wildman–Crippen MR) is 166 cm³/mol. The van der Waals surface area contributed by atoms with E-state index in [1.165, 1.54) is 70.6 Å². The van der Waals surface area contributed by atoms with E-state index >= 15 is 0 Å². The largest absolute Gasteiger partial charge is 0.469 e. The van der Waals surface area contributed by atoms with E-state index < -0.39 is 32.5 Å². The zero-order valence-electron chi connectivity index (χ0n) is 26.2. The van der Waals surface area contributed by atoms with Crippen LogP contribution in [-0.4, -0.2) is 41.0 Å². The number of phosphoric ester groups is 1. The van der Waals surface area contributed by atoms with Crippen LogP contribution in [0.3, 0.4) is 0 Å². The van der Waals surface area contributed by atoms with Gasteiger partial charge in [-0.15, -0.1) is 0 Å². The summed E-state index contributed by atoms with van der Waals surface area (Å²) in [5, 5.41) is 0. The van der Waals surface area contributed by atoms with Gasteiger partial charge in [0.1, 0.15) is 6.61 Å².